The van der Waals surface area contributed by atoms with Crippen molar-refractivity contribution >= 4 is 28.5 Å². The highest BCUT2D eigenvalue weighted by Gasteiger charge is 2.53. The number of para-hydroxylation sites is 1. The zero-order valence-corrected chi connectivity index (χ0v) is 23.2. The molecule has 1 N–H and O–H groups in total. The number of nitrogens with one attached hydrogen (secondary N) is 1. The van der Waals surface area contributed by atoms with E-state index in [9.17, 15) is 4.79 Å². The summed E-state index contributed by atoms with van der Waals surface area (Å²) >= 11 is 0. The minimum atomic E-state index is -1.44. The summed E-state index contributed by atoms with van der Waals surface area (Å²) in [4.78, 5) is 35.2. The summed E-state index contributed by atoms with van der Waals surface area (Å²) in [6, 6.07) is 19.3. The number of Topliss-reactive ketones (excluding diaryl/α,β-unsaturated/α-hetero) is 1. The number of benzene rings is 3. The highest BCUT2D eigenvalue weighted by molar-refractivity contribution is 5.95. The lowest BCUT2D eigenvalue weighted by Crippen LogP contribution is -2.68. The Labute approximate surface area is 233 Å². The van der Waals surface area contributed by atoms with Gasteiger partial charge >= 0.3 is 5.97 Å². The Hall–Kier alpha value is -4.21. The molecule has 2 heterocycles. The molecule has 5 rings (SSSR count). The Kier molecular flexibility index (Phi) is 7.86. The first-order valence-electron chi connectivity index (χ1n) is 13.3. The number of esters is 1. The van der Waals surface area contributed by atoms with Gasteiger partial charge in [-0.3, -0.25) is 9.69 Å². The van der Waals surface area contributed by atoms with Crippen LogP contribution in [0.3, 0.4) is 0 Å². The van der Waals surface area contributed by atoms with E-state index < -0.39 is 17.9 Å². The molecule has 2 atom stereocenters. The predicted octanol–water partition coefficient (Wildman–Crippen LogP) is 5.04. The largest absolute Gasteiger partial charge is 0.465 e. The Balaban J connectivity index is 1.61. The van der Waals surface area contributed by atoms with Crippen LogP contribution in [0.5, 0.6) is 5.75 Å². The number of nitrogens with zero attached hydrogens (tertiary/aromatic N) is 3. The minimum Gasteiger partial charge on any atom is -0.465 e. The molecule has 40 heavy (non-hydrogen) atoms. The molecule has 0 radical (unpaired) electrons. The van der Waals surface area contributed by atoms with Gasteiger partial charge in [-0.15, -0.1) is 0 Å². The van der Waals surface area contributed by atoms with E-state index in [1.54, 1.807) is 24.3 Å². The number of ketones is 1. The molecule has 0 amide bonds. The van der Waals surface area contributed by atoms with Crippen LogP contribution in [0.1, 0.15) is 40.4 Å². The van der Waals surface area contributed by atoms with Crippen LogP contribution < -0.4 is 10.1 Å². The van der Waals surface area contributed by atoms with E-state index in [4.69, 9.17) is 13.9 Å². The number of likely N-dealkylation sites (N-methyl/N-ethyl adjacent to an activating group) is 1. The van der Waals surface area contributed by atoms with E-state index in [0.717, 1.165) is 29.7 Å². The summed E-state index contributed by atoms with van der Waals surface area (Å²) in [5.41, 5.74) is 4.29. The van der Waals surface area contributed by atoms with Crippen molar-refractivity contribution < 1.29 is 23.5 Å². The van der Waals surface area contributed by atoms with Crippen molar-refractivity contribution in [1.82, 2.24) is 14.8 Å². The average molecular weight is 543 g/mol. The highest BCUT2D eigenvalue weighted by Crippen LogP contribution is 2.36. The van der Waals surface area contributed by atoms with Gasteiger partial charge in [0.05, 0.1) is 12.7 Å². The van der Waals surface area contributed by atoms with Gasteiger partial charge in [-0.05, 0) is 87.5 Å². The minimum absolute atomic E-state index is 0.182. The van der Waals surface area contributed by atoms with Gasteiger partial charge in [0.2, 0.25) is 5.78 Å². The quantitative estimate of drug-likeness (QED) is 0.218. The summed E-state index contributed by atoms with van der Waals surface area (Å²) in [5, 5.41) is 3.52. The van der Waals surface area contributed by atoms with E-state index in [-0.39, 0.29) is 5.78 Å². The maximum absolute atomic E-state index is 15.0. The van der Waals surface area contributed by atoms with Crippen LogP contribution in [0.15, 0.2) is 77.5 Å². The van der Waals surface area contributed by atoms with Crippen LogP contribution in [0.2, 0.25) is 0 Å². The molecule has 9 heteroatoms. The monoisotopic (exact) mass is 542 g/mol. The molecule has 1 aromatic heterocycles. The molecule has 1 saturated heterocycles. The van der Waals surface area contributed by atoms with Crippen LogP contribution in [-0.4, -0.2) is 66.7 Å². The lowest BCUT2D eigenvalue weighted by atomic mass is 9.96. The van der Waals surface area contributed by atoms with Gasteiger partial charge < -0.3 is 19.2 Å². The predicted molar refractivity (Wildman–Crippen MR) is 152 cm³/mol. The fourth-order valence-corrected chi connectivity index (χ4v) is 5.26. The number of fused-ring (bicyclic) bond motifs is 1. The maximum atomic E-state index is 15.0. The van der Waals surface area contributed by atoms with Crippen molar-refractivity contribution in [2.24, 2.45) is 0 Å². The summed E-state index contributed by atoms with van der Waals surface area (Å²) < 4.78 is 17.1. The number of aryl methyl sites for hydroxylation is 1. The van der Waals surface area contributed by atoms with Crippen molar-refractivity contribution in [3.05, 3.63) is 89.8 Å². The third-order valence-electron chi connectivity index (χ3n) is 7.39. The number of oxazole rings is 1. The number of hydrogen-bond acceptors (Lipinski definition) is 9. The number of carbonyl (C=O) groups is 2. The average Bonchev–Trinajstić information content (AvgIpc) is 3.67. The third-order valence-corrected chi connectivity index (χ3v) is 7.39. The SMILES string of the molecule is COC(=O)c1ccc(OC(C(=O)C(Nc2ccccc2C)c2ccc3ncoc3c2)(N(C)C)N2CCCC2)cc1. The first kappa shape index (κ1) is 27.4. The second kappa shape index (κ2) is 11.5. The van der Waals surface area contributed by atoms with Crippen LogP contribution in [0.4, 0.5) is 5.69 Å². The molecule has 0 spiro atoms. The zero-order chi connectivity index (χ0) is 28.3. The molecule has 9 nitrogen and oxygen atoms in total. The molecule has 208 valence electrons. The van der Waals surface area contributed by atoms with Crippen molar-refractivity contribution in [2.45, 2.75) is 31.7 Å². The molecular weight excluding hydrogens is 508 g/mol. The van der Waals surface area contributed by atoms with Crippen molar-refractivity contribution in [3.8, 4) is 5.75 Å². The number of aromatic nitrogens is 1. The standard InChI is InChI=1S/C31H34N4O5/c1-21-9-5-6-10-25(21)33-28(23-13-16-26-27(19-23)39-20-32-26)29(36)31(34(2)3,35-17-7-8-18-35)40-24-14-11-22(12-15-24)30(37)38-4/h5-6,9-16,19-20,28,33H,7-8,17-18H2,1-4H3. The third kappa shape index (κ3) is 5.17. The van der Waals surface area contributed by atoms with E-state index in [0.29, 0.717) is 35.5 Å². The number of anilines is 1. The van der Waals surface area contributed by atoms with Gasteiger partial charge in [0, 0.05) is 18.8 Å². The number of hydrogen-bond donors (Lipinski definition) is 1. The molecule has 0 aliphatic carbocycles. The number of ether oxygens (including phenoxy) is 2. The number of likely N-dealkylation sites (tertiary alicyclic amines) is 1. The summed E-state index contributed by atoms with van der Waals surface area (Å²) in [6.45, 7) is 3.40. The number of rotatable bonds is 10. The number of carbonyl (C=O) groups excluding carboxylic acids is 2. The van der Waals surface area contributed by atoms with Crippen LogP contribution >= 0.6 is 0 Å². The van der Waals surface area contributed by atoms with Crippen molar-refractivity contribution in [3.63, 3.8) is 0 Å². The maximum Gasteiger partial charge on any atom is 0.337 e. The molecule has 3 aromatic carbocycles. The topological polar surface area (TPSA) is 97.1 Å². The molecule has 2 unspecified atom stereocenters. The van der Waals surface area contributed by atoms with Crippen LogP contribution in [0.25, 0.3) is 11.1 Å². The Morgan fingerprint density at radius 1 is 1.05 bits per heavy atom. The van der Waals surface area contributed by atoms with Gasteiger partial charge in [-0.1, -0.05) is 24.3 Å². The zero-order valence-electron chi connectivity index (χ0n) is 23.2. The Bertz CT molecular complexity index is 1490. The van der Waals surface area contributed by atoms with Gasteiger partial charge in [0.1, 0.15) is 17.3 Å². The molecule has 1 aliphatic rings. The van der Waals surface area contributed by atoms with E-state index >= 15 is 4.79 Å². The smallest absolute Gasteiger partial charge is 0.337 e. The summed E-state index contributed by atoms with van der Waals surface area (Å²) in [7, 11) is 5.04. The van der Waals surface area contributed by atoms with Crippen molar-refractivity contribution in [2.75, 3.05) is 39.6 Å². The van der Waals surface area contributed by atoms with Crippen LogP contribution in [-0.2, 0) is 9.53 Å². The van der Waals surface area contributed by atoms with E-state index in [1.165, 1.54) is 13.5 Å². The molecule has 4 aromatic rings. The lowest BCUT2D eigenvalue weighted by Gasteiger charge is -2.46. The summed E-state index contributed by atoms with van der Waals surface area (Å²) in [6.07, 6.45) is 3.30. The molecule has 1 aliphatic heterocycles. The molecule has 0 saturated carbocycles. The molecule has 1 fully saturated rings. The first-order chi connectivity index (χ1) is 19.3. The second-order valence-electron chi connectivity index (χ2n) is 10.2. The van der Waals surface area contributed by atoms with Gasteiger partial charge in [-0.25, -0.2) is 14.7 Å². The Morgan fingerprint density at radius 2 is 1.77 bits per heavy atom. The lowest BCUT2D eigenvalue weighted by molar-refractivity contribution is -0.188. The normalized spacial score (nSPS) is 16.0. The molecular formula is C31H34N4O5. The van der Waals surface area contributed by atoms with Crippen LogP contribution in [0, 0.1) is 6.92 Å². The number of methoxy groups -OCH3 is 1. The van der Waals surface area contributed by atoms with E-state index in [2.05, 4.69) is 15.2 Å². The van der Waals surface area contributed by atoms with Crippen molar-refractivity contribution in [1.29, 1.82) is 0 Å². The molecule has 0 bridgehead atoms. The fourth-order valence-electron chi connectivity index (χ4n) is 5.26. The first-order valence-corrected chi connectivity index (χ1v) is 13.3. The fraction of sp³-hybridized carbons (Fsp3) is 0.323. The second-order valence-corrected chi connectivity index (χ2v) is 10.2. The van der Waals surface area contributed by atoms with E-state index in [1.807, 2.05) is 68.4 Å². The highest BCUT2D eigenvalue weighted by atomic mass is 16.5. The van der Waals surface area contributed by atoms with Gasteiger partial charge in [-0.2, -0.15) is 0 Å². The van der Waals surface area contributed by atoms with Gasteiger partial charge in [0.15, 0.2) is 12.0 Å². The Morgan fingerprint density at radius 3 is 2.45 bits per heavy atom. The summed E-state index contributed by atoms with van der Waals surface area (Å²) in [5.74, 6) is -1.60. The van der Waals surface area contributed by atoms with Gasteiger partial charge in [0.25, 0.3) is 5.85 Å².